The van der Waals surface area contributed by atoms with Crippen molar-refractivity contribution in [3.05, 3.63) is 60.8 Å². The smallest absolute Gasteiger partial charge is 0.253 e. The van der Waals surface area contributed by atoms with Gasteiger partial charge in [-0.3, -0.25) is 9.36 Å². The maximum Gasteiger partial charge on any atom is 0.253 e. The van der Waals surface area contributed by atoms with Crippen LogP contribution in [0.25, 0.3) is 5.69 Å². The Morgan fingerprint density at radius 1 is 0.885 bits per heavy atom. The predicted octanol–water partition coefficient (Wildman–Crippen LogP) is 1.41. The summed E-state index contributed by atoms with van der Waals surface area (Å²) in [7, 11) is 0. The Labute approximate surface area is 151 Å². The molecule has 1 aliphatic rings. The number of hydrogen-bond acceptors (Lipinski definition) is 6. The minimum absolute atomic E-state index is 0.0568. The maximum absolute atomic E-state index is 12.8. The highest BCUT2D eigenvalue weighted by Gasteiger charge is 2.21. The molecule has 1 aromatic carbocycles. The number of carbonyl (C=O) groups excluding carboxylic acids is 1. The number of carbonyl (C=O) groups is 1. The molecule has 1 saturated heterocycles. The average Bonchev–Trinajstić information content (AvgIpc) is 3.13. The van der Waals surface area contributed by atoms with Gasteiger partial charge in [0.1, 0.15) is 12.7 Å². The van der Waals surface area contributed by atoms with Crippen LogP contribution in [0.1, 0.15) is 16.8 Å². The van der Waals surface area contributed by atoms with Crippen LogP contribution in [0.15, 0.2) is 55.2 Å². The largest absolute Gasteiger partial charge is 0.353 e. The van der Waals surface area contributed by atoms with Crippen LogP contribution in [-0.4, -0.2) is 61.9 Å². The molecule has 0 bridgehead atoms. The molecule has 0 aliphatic carbocycles. The van der Waals surface area contributed by atoms with Gasteiger partial charge in [-0.05, 0) is 42.8 Å². The van der Waals surface area contributed by atoms with Gasteiger partial charge in [-0.15, -0.1) is 15.3 Å². The first-order chi connectivity index (χ1) is 12.8. The van der Waals surface area contributed by atoms with Gasteiger partial charge >= 0.3 is 0 Å². The molecule has 0 radical (unpaired) electrons. The Kier molecular flexibility index (Phi) is 4.55. The van der Waals surface area contributed by atoms with Gasteiger partial charge in [0.05, 0.1) is 0 Å². The number of rotatable bonds is 3. The zero-order valence-electron chi connectivity index (χ0n) is 14.3. The molecule has 8 heteroatoms. The Morgan fingerprint density at radius 2 is 1.69 bits per heavy atom. The lowest BCUT2D eigenvalue weighted by Crippen LogP contribution is -2.35. The number of aromatic nitrogens is 5. The molecule has 132 valence electrons. The predicted molar refractivity (Wildman–Crippen MR) is 96.1 cm³/mol. The van der Waals surface area contributed by atoms with Gasteiger partial charge in [-0.1, -0.05) is 0 Å². The Morgan fingerprint density at radius 3 is 2.42 bits per heavy atom. The molecule has 0 spiro atoms. The number of benzene rings is 1. The fourth-order valence-corrected chi connectivity index (χ4v) is 3.10. The molecular formula is C18H19N7O. The van der Waals surface area contributed by atoms with Gasteiger partial charge in [0.25, 0.3) is 5.91 Å². The van der Waals surface area contributed by atoms with Crippen molar-refractivity contribution in [1.29, 1.82) is 0 Å². The highest BCUT2D eigenvalue weighted by atomic mass is 16.2. The molecule has 4 rings (SSSR count). The first-order valence-electron chi connectivity index (χ1n) is 8.58. The molecule has 8 nitrogen and oxygen atoms in total. The van der Waals surface area contributed by atoms with E-state index < -0.39 is 0 Å². The van der Waals surface area contributed by atoms with Crippen LogP contribution < -0.4 is 4.90 Å². The lowest BCUT2D eigenvalue weighted by molar-refractivity contribution is 0.0767. The zero-order valence-corrected chi connectivity index (χ0v) is 14.3. The third kappa shape index (κ3) is 3.39. The normalized spacial score (nSPS) is 14.9. The molecule has 1 aliphatic heterocycles. The molecule has 3 aromatic rings. The molecule has 2 aromatic heterocycles. The molecule has 26 heavy (non-hydrogen) atoms. The van der Waals surface area contributed by atoms with Gasteiger partial charge < -0.3 is 9.80 Å². The van der Waals surface area contributed by atoms with Gasteiger partial charge in [-0.25, -0.2) is 0 Å². The average molecular weight is 349 g/mol. The molecule has 1 amide bonds. The van der Waals surface area contributed by atoms with Crippen LogP contribution in [-0.2, 0) is 0 Å². The van der Waals surface area contributed by atoms with Gasteiger partial charge in [0.15, 0.2) is 5.82 Å². The molecule has 0 saturated carbocycles. The highest BCUT2D eigenvalue weighted by molar-refractivity contribution is 5.94. The van der Waals surface area contributed by atoms with E-state index in [2.05, 4.69) is 25.3 Å². The number of amides is 1. The van der Waals surface area contributed by atoms with E-state index in [9.17, 15) is 4.79 Å². The van der Waals surface area contributed by atoms with Crippen molar-refractivity contribution in [3.63, 3.8) is 0 Å². The third-order valence-electron chi connectivity index (χ3n) is 4.50. The molecular weight excluding hydrogens is 330 g/mol. The van der Waals surface area contributed by atoms with Crippen molar-refractivity contribution in [2.24, 2.45) is 0 Å². The van der Waals surface area contributed by atoms with Crippen LogP contribution in [0.3, 0.4) is 0 Å². The summed E-state index contributed by atoms with van der Waals surface area (Å²) in [6.07, 6.45) is 5.83. The van der Waals surface area contributed by atoms with Gasteiger partial charge in [0, 0.05) is 43.6 Å². The summed E-state index contributed by atoms with van der Waals surface area (Å²) >= 11 is 0. The van der Waals surface area contributed by atoms with Crippen molar-refractivity contribution >= 4 is 11.7 Å². The van der Waals surface area contributed by atoms with E-state index in [4.69, 9.17) is 0 Å². The molecule has 0 atom stereocenters. The standard InChI is InChI=1S/C18H19N7O/c26-18(15-4-6-16(7-5-15)25-13-20-21-14-25)24-10-2-9-23(11-12-24)17-3-1-8-19-22-17/h1,3-8,13-14H,2,9-12H2. The molecule has 3 heterocycles. The lowest BCUT2D eigenvalue weighted by Gasteiger charge is -2.22. The van der Waals surface area contributed by atoms with Crippen LogP contribution in [0.2, 0.25) is 0 Å². The number of nitrogens with zero attached hydrogens (tertiary/aromatic N) is 7. The van der Waals surface area contributed by atoms with E-state index in [1.807, 2.05) is 41.3 Å². The van der Waals surface area contributed by atoms with Gasteiger partial charge in [0.2, 0.25) is 0 Å². The van der Waals surface area contributed by atoms with Crippen LogP contribution in [0.5, 0.6) is 0 Å². The topological polar surface area (TPSA) is 80.0 Å². The second-order valence-corrected chi connectivity index (χ2v) is 6.13. The quantitative estimate of drug-likeness (QED) is 0.711. The summed E-state index contributed by atoms with van der Waals surface area (Å²) in [5.41, 5.74) is 1.62. The molecule has 1 fully saturated rings. The van der Waals surface area contributed by atoms with Crippen LogP contribution >= 0.6 is 0 Å². The summed E-state index contributed by atoms with van der Waals surface area (Å²) in [6, 6.07) is 11.3. The van der Waals surface area contributed by atoms with Crippen molar-refractivity contribution in [2.45, 2.75) is 6.42 Å². The number of anilines is 1. The summed E-state index contributed by atoms with van der Waals surface area (Å²) in [6.45, 7) is 3.03. The molecule has 0 N–H and O–H groups in total. The van der Waals surface area contributed by atoms with E-state index >= 15 is 0 Å². The first kappa shape index (κ1) is 16.2. The van der Waals surface area contributed by atoms with E-state index in [1.54, 1.807) is 23.4 Å². The Hall–Kier alpha value is -3.29. The van der Waals surface area contributed by atoms with Gasteiger partial charge in [-0.2, -0.15) is 5.10 Å². The third-order valence-corrected chi connectivity index (χ3v) is 4.50. The summed E-state index contributed by atoms with van der Waals surface area (Å²) < 4.78 is 1.80. The first-order valence-corrected chi connectivity index (χ1v) is 8.58. The second-order valence-electron chi connectivity index (χ2n) is 6.13. The minimum Gasteiger partial charge on any atom is -0.353 e. The maximum atomic E-state index is 12.8. The fourth-order valence-electron chi connectivity index (χ4n) is 3.10. The zero-order chi connectivity index (χ0) is 17.8. The second kappa shape index (κ2) is 7.30. The Balaban J connectivity index is 1.43. The minimum atomic E-state index is 0.0568. The lowest BCUT2D eigenvalue weighted by atomic mass is 10.1. The van der Waals surface area contributed by atoms with Crippen molar-refractivity contribution in [3.8, 4) is 5.69 Å². The van der Waals surface area contributed by atoms with E-state index in [0.717, 1.165) is 37.6 Å². The SMILES string of the molecule is O=C(c1ccc(-n2cnnc2)cc1)N1CCCN(c2cccnn2)CC1. The van der Waals surface area contributed by atoms with Crippen molar-refractivity contribution in [1.82, 2.24) is 29.9 Å². The van der Waals surface area contributed by atoms with E-state index in [1.165, 1.54) is 0 Å². The van der Waals surface area contributed by atoms with Crippen LogP contribution in [0, 0.1) is 0 Å². The van der Waals surface area contributed by atoms with Crippen LogP contribution in [0.4, 0.5) is 5.82 Å². The summed E-state index contributed by atoms with van der Waals surface area (Å²) in [5.74, 6) is 0.918. The fraction of sp³-hybridized carbons (Fsp3) is 0.278. The summed E-state index contributed by atoms with van der Waals surface area (Å²) in [4.78, 5) is 16.9. The van der Waals surface area contributed by atoms with E-state index in [-0.39, 0.29) is 5.91 Å². The monoisotopic (exact) mass is 349 g/mol. The van der Waals surface area contributed by atoms with Crippen molar-refractivity contribution in [2.75, 3.05) is 31.1 Å². The Bertz CT molecular complexity index is 849. The highest BCUT2D eigenvalue weighted by Crippen LogP contribution is 2.15. The number of hydrogen-bond donors (Lipinski definition) is 0. The molecule has 0 unspecified atom stereocenters. The van der Waals surface area contributed by atoms with Crippen molar-refractivity contribution < 1.29 is 4.79 Å². The van der Waals surface area contributed by atoms with E-state index in [0.29, 0.717) is 12.1 Å². The summed E-state index contributed by atoms with van der Waals surface area (Å²) in [5, 5.41) is 15.7.